The van der Waals surface area contributed by atoms with Crippen molar-refractivity contribution < 1.29 is 5.11 Å². The fourth-order valence-corrected chi connectivity index (χ4v) is 5.69. The molecule has 1 heterocycles. The zero-order chi connectivity index (χ0) is 10.8. The summed E-state index contributed by atoms with van der Waals surface area (Å²) in [5.41, 5.74) is 0.264. The van der Waals surface area contributed by atoms with E-state index in [0.29, 0.717) is 16.4 Å². The third-order valence-electron chi connectivity index (χ3n) is 2.40. The van der Waals surface area contributed by atoms with E-state index < -0.39 is 0 Å². The Morgan fingerprint density at radius 3 is 2.64 bits per heavy atom. The molecule has 0 aromatic carbocycles. The number of aliphatic hydroxyl groups is 1. The summed E-state index contributed by atoms with van der Waals surface area (Å²) in [6.07, 6.45) is 1.04. The Labute approximate surface area is 100 Å². The van der Waals surface area contributed by atoms with Crippen molar-refractivity contribution >= 4 is 35.1 Å². The first kappa shape index (κ1) is 13.0. The Morgan fingerprint density at radius 1 is 1.57 bits per heavy atom. The van der Waals surface area contributed by atoms with Gasteiger partial charge in [-0.2, -0.15) is 0 Å². The molecular weight excluding hydrogens is 236 g/mol. The van der Waals surface area contributed by atoms with Crippen molar-refractivity contribution in [2.75, 3.05) is 12.4 Å². The first-order valence-electron chi connectivity index (χ1n) is 4.97. The lowest BCUT2D eigenvalue weighted by molar-refractivity contribution is 0.301. The molecule has 3 atom stereocenters. The molecule has 0 saturated carbocycles. The predicted molar refractivity (Wildman–Crippen MR) is 68.4 cm³/mol. The van der Waals surface area contributed by atoms with E-state index in [0.717, 1.165) is 12.2 Å². The average Bonchev–Trinajstić information content (AvgIpc) is 2.49. The van der Waals surface area contributed by atoms with Gasteiger partial charge in [0.2, 0.25) is 0 Å². The van der Waals surface area contributed by atoms with Crippen molar-refractivity contribution in [3.8, 4) is 0 Å². The molecule has 14 heavy (non-hydrogen) atoms. The van der Waals surface area contributed by atoms with Crippen molar-refractivity contribution in [3.05, 3.63) is 0 Å². The zero-order valence-corrected chi connectivity index (χ0v) is 11.4. The molecule has 0 aliphatic carbocycles. The van der Waals surface area contributed by atoms with Gasteiger partial charge in [0.1, 0.15) is 0 Å². The summed E-state index contributed by atoms with van der Waals surface area (Å²) in [6, 6.07) is 0. The van der Waals surface area contributed by atoms with Crippen molar-refractivity contribution in [1.82, 2.24) is 0 Å². The zero-order valence-electron chi connectivity index (χ0n) is 9.00. The van der Waals surface area contributed by atoms with Crippen LogP contribution in [0.25, 0.3) is 0 Å². The number of hydrogen-bond acceptors (Lipinski definition) is 3. The monoisotopic (exact) mass is 254 g/mol. The summed E-state index contributed by atoms with van der Waals surface area (Å²) in [5.74, 6) is 1.08. The Balaban J connectivity index is 2.48. The first-order valence-corrected chi connectivity index (χ1v) is 7.40. The summed E-state index contributed by atoms with van der Waals surface area (Å²) in [7, 11) is 0. The highest BCUT2D eigenvalue weighted by Crippen LogP contribution is 2.49. The van der Waals surface area contributed by atoms with Crippen molar-refractivity contribution in [1.29, 1.82) is 0 Å². The Morgan fingerprint density at radius 2 is 2.21 bits per heavy atom. The number of rotatable bonds is 4. The van der Waals surface area contributed by atoms with E-state index in [-0.39, 0.29) is 10.8 Å². The predicted octanol–water partition coefficient (Wildman–Crippen LogP) is 3.20. The molecule has 1 N–H and O–H groups in total. The lowest BCUT2D eigenvalue weighted by atomic mass is 9.90. The van der Waals surface area contributed by atoms with Crippen LogP contribution in [0, 0.1) is 5.41 Å². The van der Waals surface area contributed by atoms with Crippen LogP contribution < -0.4 is 0 Å². The quantitative estimate of drug-likeness (QED) is 0.779. The minimum Gasteiger partial charge on any atom is -0.395 e. The van der Waals surface area contributed by atoms with Crippen molar-refractivity contribution in [2.45, 2.75) is 42.4 Å². The van der Waals surface area contributed by atoms with Gasteiger partial charge >= 0.3 is 0 Å². The van der Waals surface area contributed by atoms with Crippen LogP contribution in [0.1, 0.15) is 27.2 Å². The average molecular weight is 255 g/mol. The summed E-state index contributed by atoms with van der Waals surface area (Å²) >= 11 is 9.93. The maximum atomic E-state index is 9.07. The molecule has 4 heteroatoms. The normalized spacial score (nSPS) is 30.6. The number of thioether (sulfide) groups is 2. The van der Waals surface area contributed by atoms with Gasteiger partial charge in [0.15, 0.2) is 0 Å². The summed E-state index contributed by atoms with van der Waals surface area (Å²) in [4.78, 5) is 0. The van der Waals surface area contributed by atoms with Gasteiger partial charge in [0.25, 0.3) is 0 Å². The van der Waals surface area contributed by atoms with Crippen LogP contribution in [-0.4, -0.2) is 32.7 Å². The minimum atomic E-state index is 0.236. The molecule has 1 rings (SSSR count). The van der Waals surface area contributed by atoms with E-state index in [1.165, 1.54) is 0 Å². The van der Waals surface area contributed by atoms with Crippen molar-refractivity contribution in [3.63, 3.8) is 0 Å². The van der Waals surface area contributed by atoms with Crippen LogP contribution in [0.4, 0.5) is 0 Å². The number of hydrogen-bond donors (Lipinski definition) is 1. The van der Waals surface area contributed by atoms with Gasteiger partial charge in [0, 0.05) is 16.4 Å². The van der Waals surface area contributed by atoms with Gasteiger partial charge in [-0.1, -0.05) is 13.8 Å². The van der Waals surface area contributed by atoms with Crippen LogP contribution in [-0.2, 0) is 0 Å². The second-order valence-electron chi connectivity index (χ2n) is 4.58. The fraction of sp³-hybridized carbons (Fsp3) is 1.00. The molecule has 0 amide bonds. The van der Waals surface area contributed by atoms with Crippen LogP contribution in [0.5, 0.6) is 0 Å². The van der Waals surface area contributed by atoms with Crippen LogP contribution in [0.15, 0.2) is 0 Å². The molecule has 1 aliphatic heterocycles. The summed E-state index contributed by atoms with van der Waals surface area (Å²) in [5, 5.41) is 9.73. The standard InChI is InChI=1S/C10H19ClOS2/c1-7(11)4-10(2,3)9-13-6-8(5-12)14-9/h7-9,12H,4-6H2,1-3H3. The highest BCUT2D eigenvalue weighted by molar-refractivity contribution is 8.20. The van der Waals surface area contributed by atoms with E-state index in [2.05, 4.69) is 20.8 Å². The topological polar surface area (TPSA) is 20.2 Å². The molecule has 0 aromatic rings. The van der Waals surface area contributed by atoms with Gasteiger partial charge in [0.05, 0.1) is 11.2 Å². The van der Waals surface area contributed by atoms with Gasteiger partial charge in [-0.15, -0.1) is 35.1 Å². The SMILES string of the molecule is CC(Cl)CC(C)(C)C1SCC(CO)S1. The van der Waals surface area contributed by atoms with Crippen molar-refractivity contribution in [2.24, 2.45) is 5.41 Å². The summed E-state index contributed by atoms with van der Waals surface area (Å²) < 4.78 is 0.584. The lowest BCUT2D eigenvalue weighted by Crippen LogP contribution is -2.25. The van der Waals surface area contributed by atoms with Crippen LogP contribution in [0.2, 0.25) is 0 Å². The fourth-order valence-electron chi connectivity index (χ4n) is 1.77. The number of alkyl halides is 1. The largest absolute Gasteiger partial charge is 0.395 e. The molecule has 0 spiro atoms. The maximum Gasteiger partial charge on any atom is 0.0558 e. The third-order valence-corrected chi connectivity index (χ3v) is 6.63. The van der Waals surface area contributed by atoms with Gasteiger partial charge in [-0.3, -0.25) is 0 Å². The molecule has 84 valence electrons. The molecule has 1 saturated heterocycles. The Hall–Kier alpha value is 0.950. The lowest BCUT2D eigenvalue weighted by Gasteiger charge is -2.31. The van der Waals surface area contributed by atoms with E-state index in [4.69, 9.17) is 16.7 Å². The molecule has 0 radical (unpaired) electrons. The molecular formula is C10H19ClOS2. The minimum absolute atomic E-state index is 0.236. The van der Waals surface area contributed by atoms with E-state index in [1.807, 2.05) is 23.5 Å². The highest BCUT2D eigenvalue weighted by Gasteiger charge is 2.37. The smallest absolute Gasteiger partial charge is 0.0558 e. The van der Waals surface area contributed by atoms with E-state index in [9.17, 15) is 0 Å². The van der Waals surface area contributed by atoms with Gasteiger partial charge < -0.3 is 5.11 Å². The third kappa shape index (κ3) is 3.51. The van der Waals surface area contributed by atoms with Gasteiger partial charge in [-0.25, -0.2) is 0 Å². The van der Waals surface area contributed by atoms with Crippen LogP contribution >= 0.6 is 35.1 Å². The second-order valence-corrected chi connectivity index (χ2v) is 8.17. The number of aliphatic hydroxyl groups excluding tert-OH is 1. The van der Waals surface area contributed by atoms with Crippen LogP contribution in [0.3, 0.4) is 0 Å². The maximum absolute atomic E-state index is 9.07. The molecule has 1 nitrogen and oxygen atoms in total. The van der Waals surface area contributed by atoms with E-state index >= 15 is 0 Å². The first-order chi connectivity index (χ1) is 6.45. The molecule has 0 aromatic heterocycles. The molecule has 1 fully saturated rings. The van der Waals surface area contributed by atoms with E-state index in [1.54, 1.807) is 0 Å². The Bertz CT molecular complexity index is 185. The summed E-state index contributed by atoms with van der Waals surface area (Å²) in [6.45, 7) is 6.91. The molecule has 1 aliphatic rings. The number of halogens is 1. The Kier molecular flexibility index (Phi) is 4.96. The molecule has 0 bridgehead atoms. The highest BCUT2D eigenvalue weighted by atomic mass is 35.5. The second kappa shape index (κ2) is 5.33. The van der Waals surface area contributed by atoms with Gasteiger partial charge in [-0.05, 0) is 18.8 Å². The molecule has 3 unspecified atom stereocenters.